The highest BCUT2D eigenvalue weighted by Crippen LogP contribution is 2.33. The summed E-state index contributed by atoms with van der Waals surface area (Å²) in [6, 6.07) is -1.48. The van der Waals surface area contributed by atoms with Gasteiger partial charge in [0.15, 0.2) is 18.9 Å². The maximum atomic E-state index is 11.6. The number of carbonyl (C=O) groups is 1. The molecule has 0 aromatic carbocycles. The fourth-order valence-electron chi connectivity index (χ4n) is 4.53. The number of amides is 1. The fraction of sp³-hybridized carbons (Fsp3) is 0.950. The summed E-state index contributed by atoms with van der Waals surface area (Å²) in [5.74, 6) is -0.678. The minimum Gasteiger partial charge on any atom is -0.394 e. The molecule has 3 fully saturated rings. The van der Waals surface area contributed by atoms with E-state index in [0.717, 1.165) is 6.92 Å². The molecule has 3 rings (SSSR count). The van der Waals surface area contributed by atoms with Gasteiger partial charge in [0.25, 0.3) is 0 Å². The van der Waals surface area contributed by atoms with E-state index in [9.17, 15) is 54.1 Å². The minimum atomic E-state index is -5.03. The van der Waals surface area contributed by atoms with E-state index >= 15 is 0 Å². The Morgan fingerprint density at radius 3 is 2.00 bits per heavy atom. The molecule has 10 N–H and O–H groups in total. The third kappa shape index (κ3) is 7.60. The van der Waals surface area contributed by atoms with Crippen LogP contribution >= 0.6 is 0 Å². The molecule has 19 nitrogen and oxygen atoms in total. The Morgan fingerprint density at radius 1 is 0.800 bits per heavy atom. The number of hydrogen-bond donors (Lipinski definition) is 10. The van der Waals surface area contributed by atoms with Crippen molar-refractivity contribution < 1.29 is 86.5 Å². The Kier molecular flexibility index (Phi) is 11.2. The van der Waals surface area contributed by atoms with E-state index in [2.05, 4.69) is 9.50 Å². The van der Waals surface area contributed by atoms with Crippen molar-refractivity contribution >= 4 is 16.3 Å². The van der Waals surface area contributed by atoms with Crippen LogP contribution in [0.3, 0.4) is 0 Å². The molecule has 234 valence electrons. The summed E-state index contributed by atoms with van der Waals surface area (Å²) >= 11 is 0. The molecule has 0 bridgehead atoms. The van der Waals surface area contributed by atoms with Crippen molar-refractivity contribution in [2.75, 3.05) is 13.2 Å². The van der Waals surface area contributed by atoms with Gasteiger partial charge in [0, 0.05) is 6.92 Å². The molecule has 0 radical (unpaired) electrons. The lowest BCUT2D eigenvalue weighted by molar-refractivity contribution is -0.381. The Bertz CT molecular complexity index is 956. The predicted octanol–water partition coefficient (Wildman–Crippen LogP) is -6.57. The van der Waals surface area contributed by atoms with Crippen molar-refractivity contribution in [2.24, 2.45) is 0 Å². The molecular formula is C20H35NO18S. The van der Waals surface area contributed by atoms with E-state index < -0.39 is 122 Å². The second-order valence-corrected chi connectivity index (χ2v) is 10.7. The van der Waals surface area contributed by atoms with Crippen molar-refractivity contribution in [3.8, 4) is 0 Å². The summed E-state index contributed by atoms with van der Waals surface area (Å²) in [7, 11) is -5.03. The third-order valence-corrected chi connectivity index (χ3v) is 7.09. The zero-order valence-corrected chi connectivity index (χ0v) is 22.0. The van der Waals surface area contributed by atoms with E-state index in [-0.39, 0.29) is 0 Å². The molecule has 3 saturated heterocycles. The van der Waals surface area contributed by atoms with Gasteiger partial charge < -0.3 is 69.9 Å². The average Bonchev–Trinajstić information content (AvgIpc) is 2.87. The average molecular weight is 610 g/mol. The molecule has 15 atom stereocenters. The zero-order chi connectivity index (χ0) is 30.1. The van der Waals surface area contributed by atoms with Crippen molar-refractivity contribution in [3.63, 3.8) is 0 Å². The highest BCUT2D eigenvalue weighted by Gasteiger charge is 2.54. The van der Waals surface area contributed by atoms with E-state index in [1.165, 1.54) is 6.92 Å². The summed E-state index contributed by atoms with van der Waals surface area (Å²) in [5.41, 5.74) is 0. The van der Waals surface area contributed by atoms with Crippen LogP contribution < -0.4 is 5.32 Å². The Balaban J connectivity index is 1.90. The summed E-state index contributed by atoms with van der Waals surface area (Å²) in [6.45, 7) is 0.524. The van der Waals surface area contributed by atoms with Crippen LogP contribution in [0.1, 0.15) is 13.8 Å². The molecule has 0 aromatic heterocycles. The molecule has 3 aliphatic heterocycles. The van der Waals surface area contributed by atoms with Crippen molar-refractivity contribution in [2.45, 2.75) is 106 Å². The summed E-state index contributed by atoms with van der Waals surface area (Å²) in [4.78, 5) is 11.6. The number of aliphatic hydroxyl groups is 8. The van der Waals surface area contributed by atoms with Gasteiger partial charge >= 0.3 is 10.4 Å². The van der Waals surface area contributed by atoms with Crippen LogP contribution in [0, 0.1) is 0 Å². The van der Waals surface area contributed by atoms with Gasteiger partial charge in [-0.3, -0.25) is 9.35 Å². The summed E-state index contributed by atoms with van der Waals surface area (Å²) < 4.78 is 62.6. The number of carbonyl (C=O) groups excluding carboxylic acids is 1. The van der Waals surface area contributed by atoms with Gasteiger partial charge in [0.2, 0.25) is 5.91 Å². The number of rotatable bonds is 9. The van der Waals surface area contributed by atoms with Crippen molar-refractivity contribution in [1.29, 1.82) is 0 Å². The van der Waals surface area contributed by atoms with Crippen LogP contribution in [0.5, 0.6) is 0 Å². The number of nitrogens with one attached hydrogen (secondary N) is 1. The molecular weight excluding hydrogens is 574 g/mol. The SMILES string of the molecule is CC(=O)N[C@H]1C(O)O[C@H](CO)[C@@H](O[C@@H]2O[C@H](COS(=O)(=O)O)[C@H](O)[C@H](O)[C@H]2O[C@@H]2O[C@@H](C)[C@@H](O)[C@@H](O)[C@@H]2O)[C@@H]1O. The maximum absolute atomic E-state index is 11.6. The topological polar surface area (TPSA) is 301 Å². The molecule has 3 heterocycles. The van der Waals surface area contributed by atoms with Gasteiger partial charge in [-0.2, -0.15) is 8.42 Å². The minimum absolute atomic E-state index is 0.678. The van der Waals surface area contributed by atoms with Crippen LogP contribution in [0.15, 0.2) is 0 Å². The molecule has 40 heavy (non-hydrogen) atoms. The van der Waals surface area contributed by atoms with Crippen LogP contribution in [-0.4, -0.2) is 165 Å². The first kappa shape index (κ1) is 33.3. The van der Waals surface area contributed by atoms with Crippen molar-refractivity contribution in [1.82, 2.24) is 5.32 Å². The molecule has 0 aliphatic carbocycles. The molecule has 1 unspecified atom stereocenters. The lowest BCUT2D eigenvalue weighted by Crippen LogP contribution is -2.68. The first-order valence-electron chi connectivity index (χ1n) is 12.1. The molecule has 0 saturated carbocycles. The maximum Gasteiger partial charge on any atom is 0.397 e. The van der Waals surface area contributed by atoms with E-state index in [4.69, 9.17) is 28.2 Å². The molecule has 1 amide bonds. The third-order valence-electron chi connectivity index (χ3n) is 6.66. The normalized spacial score (nSPS) is 46.6. The van der Waals surface area contributed by atoms with Crippen LogP contribution in [0.25, 0.3) is 0 Å². The van der Waals surface area contributed by atoms with Gasteiger partial charge in [-0.1, -0.05) is 0 Å². The van der Waals surface area contributed by atoms with Gasteiger partial charge in [-0.05, 0) is 6.92 Å². The van der Waals surface area contributed by atoms with E-state index in [1.807, 2.05) is 0 Å². The highest BCUT2D eigenvalue weighted by molar-refractivity contribution is 7.80. The van der Waals surface area contributed by atoms with Crippen LogP contribution in [0.4, 0.5) is 0 Å². The second kappa shape index (κ2) is 13.4. The van der Waals surface area contributed by atoms with E-state index in [0.29, 0.717) is 0 Å². The smallest absolute Gasteiger partial charge is 0.394 e. The van der Waals surface area contributed by atoms with Gasteiger partial charge in [0.1, 0.15) is 67.1 Å². The lowest BCUT2D eigenvalue weighted by Gasteiger charge is -2.48. The monoisotopic (exact) mass is 609 g/mol. The number of aliphatic hydroxyl groups excluding tert-OH is 8. The summed E-state index contributed by atoms with van der Waals surface area (Å²) in [6.07, 6.45) is -24.2. The fourth-order valence-corrected chi connectivity index (χ4v) is 4.83. The first-order valence-corrected chi connectivity index (χ1v) is 13.5. The largest absolute Gasteiger partial charge is 0.397 e. The van der Waals surface area contributed by atoms with Crippen molar-refractivity contribution in [3.05, 3.63) is 0 Å². The molecule has 0 spiro atoms. The zero-order valence-electron chi connectivity index (χ0n) is 21.2. The second-order valence-electron chi connectivity index (χ2n) is 9.58. The lowest BCUT2D eigenvalue weighted by atomic mass is 9.95. The Hall–Kier alpha value is -1.18. The number of hydrogen-bond acceptors (Lipinski definition) is 17. The van der Waals surface area contributed by atoms with Gasteiger partial charge in [-0.25, -0.2) is 4.18 Å². The first-order chi connectivity index (χ1) is 18.5. The van der Waals surface area contributed by atoms with E-state index in [1.54, 1.807) is 0 Å². The predicted molar refractivity (Wildman–Crippen MR) is 122 cm³/mol. The number of ether oxygens (including phenoxy) is 5. The quantitative estimate of drug-likeness (QED) is 0.109. The van der Waals surface area contributed by atoms with Gasteiger partial charge in [0.05, 0.1) is 19.3 Å². The molecule has 0 aromatic rings. The molecule has 3 aliphatic rings. The Labute approximate surface area is 227 Å². The summed E-state index contributed by atoms with van der Waals surface area (Å²) in [5, 5.41) is 84.8. The Morgan fingerprint density at radius 2 is 1.43 bits per heavy atom. The molecule has 20 heteroatoms. The van der Waals surface area contributed by atoms with Crippen LogP contribution in [-0.2, 0) is 43.1 Å². The highest BCUT2D eigenvalue weighted by atomic mass is 32.3. The standard InChI is InChI=1S/C20H35NO18S/c1-5-10(24)13(27)15(29)19(35-5)39-17-14(28)11(25)8(4-34-40(31,32)33)37-20(17)38-16-7(3-22)36-18(30)9(12(16)26)21-6(2)23/h5,7-20,22,24-30H,3-4H2,1-2H3,(H,21,23)(H,31,32,33)/t5-,7+,8+,9+,10+,11-,12+,13+,14-,15-,16+,17+,18?,19-,20-/m0/s1. The van der Waals surface area contributed by atoms with Gasteiger partial charge in [-0.15, -0.1) is 0 Å². The van der Waals surface area contributed by atoms with Crippen LogP contribution in [0.2, 0.25) is 0 Å².